The van der Waals surface area contributed by atoms with Crippen molar-refractivity contribution in [1.82, 2.24) is 15.3 Å². The minimum atomic E-state index is -4.64. The summed E-state index contributed by atoms with van der Waals surface area (Å²) in [4.78, 5) is 28.2. The molecule has 1 aromatic carbocycles. The van der Waals surface area contributed by atoms with E-state index in [0.29, 0.717) is 23.4 Å². The number of rotatable bonds is 2. The summed E-state index contributed by atoms with van der Waals surface area (Å²) in [6.07, 6.45) is -3.30. The molecule has 0 radical (unpaired) electrons. The first-order valence-electron chi connectivity index (χ1n) is 8.91. The summed E-state index contributed by atoms with van der Waals surface area (Å²) in [5.41, 5.74) is 4.44. The number of aldehydes is 1. The number of halogens is 4. The number of aromatic amines is 1. The number of hydrogen-bond acceptors (Lipinski definition) is 4. The van der Waals surface area contributed by atoms with Gasteiger partial charge in [-0.3, -0.25) is 14.6 Å². The molecule has 4 rings (SSSR count). The van der Waals surface area contributed by atoms with Crippen LogP contribution in [-0.2, 0) is 11.2 Å². The number of benzene rings is 1. The van der Waals surface area contributed by atoms with Crippen LogP contribution >= 0.6 is 0 Å². The van der Waals surface area contributed by atoms with Gasteiger partial charge in [-0.15, -0.1) is 0 Å². The minimum absolute atomic E-state index is 0.00274. The van der Waals surface area contributed by atoms with Crippen LogP contribution in [0, 0.1) is 17.1 Å². The first kappa shape index (κ1) is 21.7. The summed E-state index contributed by atoms with van der Waals surface area (Å²) in [6, 6.07) is 11.7. The molecule has 0 bridgehead atoms. The summed E-state index contributed by atoms with van der Waals surface area (Å²) in [6.45, 7) is 0.623. The molecule has 0 aliphatic carbocycles. The number of nitrogens with zero attached hydrogens (tertiary/aromatic N) is 2. The lowest BCUT2D eigenvalue weighted by atomic mass is 10.0. The van der Waals surface area contributed by atoms with Gasteiger partial charge >= 0.3 is 6.18 Å². The molecule has 0 saturated carbocycles. The highest BCUT2D eigenvalue weighted by molar-refractivity contribution is 5.97. The van der Waals surface area contributed by atoms with Crippen LogP contribution in [0.2, 0.25) is 0 Å². The Morgan fingerprint density at radius 3 is 2.48 bits per heavy atom. The zero-order valence-corrected chi connectivity index (χ0v) is 15.8. The molecular formula is C21H14F4N4O2. The quantitative estimate of drug-likeness (QED) is 0.477. The maximum absolute atomic E-state index is 13.9. The normalized spacial score (nSPS) is 12.7. The average Bonchev–Trinajstić information content (AvgIpc) is 3.20. The van der Waals surface area contributed by atoms with Crippen molar-refractivity contribution < 1.29 is 27.2 Å². The summed E-state index contributed by atoms with van der Waals surface area (Å²) in [7, 11) is 0. The molecule has 1 aliphatic heterocycles. The lowest BCUT2D eigenvalue weighted by Crippen LogP contribution is -2.31. The maximum atomic E-state index is 13.9. The van der Waals surface area contributed by atoms with E-state index in [1.54, 1.807) is 18.3 Å². The first-order valence-corrected chi connectivity index (χ1v) is 8.91. The van der Waals surface area contributed by atoms with Crippen LogP contribution in [0.5, 0.6) is 0 Å². The van der Waals surface area contributed by atoms with Crippen molar-refractivity contribution in [3.8, 4) is 28.6 Å². The third-order valence-electron chi connectivity index (χ3n) is 4.39. The average molecular weight is 430 g/mol. The fourth-order valence-corrected chi connectivity index (χ4v) is 2.97. The Bertz CT molecular complexity index is 1180. The molecule has 6 nitrogen and oxygen atoms in total. The topological polar surface area (TPSA) is 98.6 Å². The second-order valence-corrected chi connectivity index (χ2v) is 6.48. The fraction of sp³-hybridized carbons (Fsp3) is 0.143. The zero-order chi connectivity index (χ0) is 22.6. The van der Waals surface area contributed by atoms with E-state index in [9.17, 15) is 22.4 Å². The molecule has 0 fully saturated rings. The van der Waals surface area contributed by atoms with Crippen LogP contribution in [0.15, 0.2) is 42.6 Å². The third-order valence-corrected chi connectivity index (χ3v) is 4.39. The second kappa shape index (κ2) is 8.79. The number of hydrogen-bond donors (Lipinski definition) is 2. The lowest BCUT2D eigenvalue weighted by Gasteiger charge is -2.10. The van der Waals surface area contributed by atoms with Crippen molar-refractivity contribution in [2.45, 2.75) is 12.6 Å². The zero-order valence-electron chi connectivity index (χ0n) is 15.8. The van der Waals surface area contributed by atoms with Gasteiger partial charge in [0.25, 0.3) is 5.91 Å². The van der Waals surface area contributed by atoms with Gasteiger partial charge < -0.3 is 10.3 Å². The summed E-state index contributed by atoms with van der Waals surface area (Å²) < 4.78 is 45.1. The molecule has 0 spiro atoms. The van der Waals surface area contributed by atoms with Crippen LogP contribution in [0.1, 0.15) is 21.6 Å². The number of nitriles is 1. The highest BCUT2D eigenvalue weighted by Crippen LogP contribution is 2.27. The van der Waals surface area contributed by atoms with Crippen molar-refractivity contribution in [2.24, 2.45) is 0 Å². The molecule has 3 aromatic rings. The smallest absolute Gasteiger partial charge is 0.358 e. The van der Waals surface area contributed by atoms with Gasteiger partial charge in [0.05, 0.1) is 16.8 Å². The van der Waals surface area contributed by atoms with E-state index in [-0.39, 0.29) is 11.5 Å². The van der Waals surface area contributed by atoms with Gasteiger partial charge in [-0.2, -0.15) is 18.4 Å². The molecule has 158 valence electrons. The monoisotopic (exact) mass is 430 g/mol. The Morgan fingerprint density at radius 2 is 1.87 bits per heavy atom. The molecule has 0 atom stereocenters. The predicted octanol–water partition coefficient (Wildman–Crippen LogP) is 3.79. The van der Waals surface area contributed by atoms with Crippen molar-refractivity contribution in [3.05, 3.63) is 65.2 Å². The summed E-state index contributed by atoms with van der Waals surface area (Å²) >= 11 is 0. The fourth-order valence-electron chi connectivity index (χ4n) is 2.97. The molecule has 10 heteroatoms. The number of pyridine rings is 1. The molecule has 0 unspecified atom stereocenters. The van der Waals surface area contributed by atoms with E-state index in [1.165, 1.54) is 12.1 Å². The largest absolute Gasteiger partial charge is 0.446 e. The van der Waals surface area contributed by atoms with Crippen LogP contribution in [-0.4, -0.2) is 34.9 Å². The Labute approximate surface area is 173 Å². The Morgan fingerprint density at radius 1 is 1.13 bits per heavy atom. The Kier molecular flexibility index (Phi) is 6.15. The number of carbonyl (C=O) groups is 2. The number of aromatic nitrogens is 2. The molecule has 3 heterocycles. The van der Waals surface area contributed by atoms with E-state index in [4.69, 9.17) is 10.1 Å². The molecule has 31 heavy (non-hydrogen) atoms. The molecular weight excluding hydrogens is 416 g/mol. The molecule has 2 N–H and O–H groups in total. The van der Waals surface area contributed by atoms with Crippen LogP contribution in [0.3, 0.4) is 0 Å². The van der Waals surface area contributed by atoms with Crippen LogP contribution in [0.4, 0.5) is 17.6 Å². The van der Waals surface area contributed by atoms with Crippen LogP contribution in [0.25, 0.3) is 22.5 Å². The van der Waals surface area contributed by atoms with E-state index < -0.39 is 18.3 Å². The SMILES string of the molecule is N#Cc1ccc(-c2cc(-c3cc4c([nH]3)CCNC4=O)ccn2)cc1F.O=CC(F)(F)F. The van der Waals surface area contributed by atoms with E-state index >= 15 is 0 Å². The predicted molar refractivity (Wildman–Crippen MR) is 102 cm³/mol. The van der Waals surface area contributed by atoms with E-state index in [0.717, 1.165) is 23.4 Å². The number of nitrogens with one attached hydrogen (secondary N) is 2. The van der Waals surface area contributed by atoms with Gasteiger partial charge in [-0.05, 0) is 30.3 Å². The number of carbonyl (C=O) groups excluding carboxylic acids is 2. The molecule has 0 saturated heterocycles. The van der Waals surface area contributed by atoms with Gasteiger partial charge in [0.1, 0.15) is 11.9 Å². The minimum Gasteiger partial charge on any atom is -0.358 e. The third kappa shape index (κ3) is 5.14. The first-order chi connectivity index (χ1) is 14.7. The number of amides is 1. The van der Waals surface area contributed by atoms with Gasteiger partial charge in [0.2, 0.25) is 6.29 Å². The number of H-pyrrole nitrogens is 1. The lowest BCUT2D eigenvalue weighted by molar-refractivity contribution is -0.156. The molecule has 2 aromatic heterocycles. The van der Waals surface area contributed by atoms with Gasteiger partial charge in [-0.1, -0.05) is 6.07 Å². The number of alkyl halides is 3. The van der Waals surface area contributed by atoms with Gasteiger partial charge in [0, 0.05) is 41.7 Å². The standard InChI is InChI=1S/C19H13FN4O.C2HF3O/c20-15-7-11(1-2-13(15)10-21)17-8-12(3-5-22-17)18-9-14-16(24-18)4-6-23-19(14)25;3-2(4,5)1-6/h1-3,5,7-9,24H,4,6H2,(H,23,25);1H. The highest BCUT2D eigenvalue weighted by atomic mass is 19.4. The summed E-state index contributed by atoms with van der Waals surface area (Å²) in [5, 5.41) is 11.6. The molecule has 1 aliphatic rings. The van der Waals surface area contributed by atoms with Crippen molar-refractivity contribution in [2.75, 3.05) is 6.54 Å². The maximum Gasteiger partial charge on any atom is 0.446 e. The summed E-state index contributed by atoms with van der Waals surface area (Å²) in [5.74, 6) is -0.647. The van der Waals surface area contributed by atoms with Crippen molar-refractivity contribution in [1.29, 1.82) is 5.26 Å². The highest BCUT2D eigenvalue weighted by Gasteiger charge is 2.25. The van der Waals surface area contributed by atoms with Crippen molar-refractivity contribution in [3.63, 3.8) is 0 Å². The van der Waals surface area contributed by atoms with Crippen LogP contribution < -0.4 is 5.32 Å². The van der Waals surface area contributed by atoms with E-state index in [1.807, 2.05) is 18.2 Å². The number of fused-ring (bicyclic) bond motifs is 1. The second-order valence-electron chi connectivity index (χ2n) is 6.48. The van der Waals surface area contributed by atoms with Gasteiger partial charge in [0.15, 0.2) is 0 Å². The Hall–Kier alpha value is -4.00. The molecule has 1 amide bonds. The van der Waals surface area contributed by atoms with Crippen molar-refractivity contribution >= 4 is 12.2 Å². The Balaban J connectivity index is 0.000000401. The van der Waals surface area contributed by atoms with Gasteiger partial charge in [-0.25, -0.2) is 4.39 Å². The van der Waals surface area contributed by atoms with E-state index in [2.05, 4.69) is 15.3 Å².